The van der Waals surface area contributed by atoms with Gasteiger partial charge < -0.3 is 9.42 Å². The highest BCUT2D eigenvalue weighted by molar-refractivity contribution is 7.13. The zero-order valence-electron chi connectivity index (χ0n) is 12.8. The minimum atomic E-state index is 0.0248. The first-order chi connectivity index (χ1) is 11.8. The van der Waals surface area contributed by atoms with Gasteiger partial charge in [-0.3, -0.25) is 4.79 Å². The Morgan fingerprint density at radius 1 is 1.42 bits per heavy atom. The first-order valence-corrected chi connectivity index (χ1v) is 8.55. The molecule has 3 aromatic heterocycles. The van der Waals surface area contributed by atoms with Gasteiger partial charge in [0, 0.05) is 19.0 Å². The molecule has 9 nitrogen and oxygen atoms in total. The third-order valence-electron chi connectivity index (χ3n) is 4.09. The number of aromatic amines is 1. The molecule has 0 saturated carbocycles. The molecule has 10 heteroatoms. The minimum absolute atomic E-state index is 0.0248. The number of hydrogen-bond donors (Lipinski definition) is 1. The van der Waals surface area contributed by atoms with Crippen LogP contribution in [-0.4, -0.2) is 54.7 Å². The molecule has 0 spiro atoms. The molecule has 1 saturated heterocycles. The van der Waals surface area contributed by atoms with E-state index < -0.39 is 0 Å². The number of tetrazole rings is 1. The highest BCUT2D eigenvalue weighted by Gasteiger charge is 2.28. The van der Waals surface area contributed by atoms with Gasteiger partial charge in [-0.25, -0.2) is 5.10 Å². The molecule has 0 radical (unpaired) electrons. The van der Waals surface area contributed by atoms with E-state index in [1.807, 2.05) is 22.4 Å². The smallest absolute Gasteiger partial charge is 0.230 e. The Morgan fingerprint density at radius 2 is 2.29 bits per heavy atom. The molecular formula is C14H15N7O2S. The number of H-pyrrole nitrogens is 1. The number of aromatic nitrogens is 6. The number of nitrogens with one attached hydrogen (secondary N) is 1. The van der Waals surface area contributed by atoms with Crippen LogP contribution >= 0.6 is 11.3 Å². The Balaban J connectivity index is 1.35. The van der Waals surface area contributed by atoms with E-state index in [9.17, 15) is 4.79 Å². The van der Waals surface area contributed by atoms with Crippen LogP contribution in [0.5, 0.6) is 0 Å². The largest absolute Gasteiger partial charge is 0.342 e. The van der Waals surface area contributed by atoms with Gasteiger partial charge in [-0.15, -0.1) is 16.4 Å². The normalized spacial score (nSPS) is 15.8. The molecule has 124 valence electrons. The van der Waals surface area contributed by atoms with Crippen molar-refractivity contribution >= 4 is 17.2 Å². The Hall–Kier alpha value is -2.62. The maximum Gasteiger partial charge on any atom is 0.230 e. The molecule has 0 aliphatic carbocycles. The summed E-state index contributed by atoms with van der Waals surface area (Å²) in [6, 6.07) is 3.93. The van der Waals surface area contributed by atoms with E-state index in [-0.39, 0.29) is 18.2 Å². The standard InChI is InChI=1S/C14H15N7O2S/c22-12(8-11-16-19-20-17-11)21-5-3-9(4-6-21)14-15-13(18-23-14)10-2-1-7-24-10/h1-2,7,9H,3-6,8H2,(H,16,17,19,20). The van der Waals surface area contributed by atoms with Crippen LogP contribution in [0.2, 0.25) is 0 Å². The summed E-state index contributed by atoms with van der Waals surface area (Å²) in [5, 5.41) is 19.3. The van der Waals surface area contributed by atoms with Crippen molar-refractivity contribution in [1.29, 1.82) is 0 Å². The van der Waals surface area contributed by atoms with Crippen LogP contribution in [-0.2, 0) is 11.2 Å². The second-order valence-corrected chi connectivity index (χ2v) is 6.56. The molecule has 4 heterocycles. The number of thiophene rings is 1. The predicted octanol–water partition coefficient (Wildman–Crippen LogP) is 1.26. The fraction of sp³-hybridized carbons (Fsp3) is 0.429. The number of rotatable bonds is 4. The lowest BCUT2D eigenvalue weighted by Crippen LogP contribution is -2.39. The van der Waals surface area contributed by atoms with E-state index in [1.165, 1.54) is 0 Å². The number of piperidine rings is 1. The molecule has 1 aliphatic heterocycles. The molecule has 1 fully saturated rings. The molecular weight excluding hydrogens is 330 g/mol. The van der Waals surface area contributed by atoms with E-state index in [2.05, 4.69) is 30.8 Å². The average Bonchev–Trinajstić information content (AvgIpc) is 3.36. The van der Waals surface area contributed by atoms with Crippen molar-refractivity contribution in [2.75, 3.05) is 13.1 Å². The summed E-state index contributed by atoms with van der Waals surface area (Å²) in [7, 11) is 0. The fourth-order valence-corrected chi connectivity index (χ4v) is 3.44. The van der Waals surface area contributed by atoms with Crippen LogP contribution < -0.4 is 0 Å². The van der Waals surface area contributed by atoms with Crippen molar-refractivity contribution in [1.82, 2.24) is 35.7 Å². The summed E-state index contributed by atoms with van der Waals surface area (Å²) in [6.45, 7) is 1.34. The van der Waals surface area contributed by atoms with Gasteiger partial charge in [0.05, 0.1) is 11.3 Å². The Labute approximate surface area is 141 Å². The van der Waals surface area contributed by atoms with Gasteiger partial charge in [-0.1, -0.05) is 11.2 Å². The summed E-state index contributed by atoms with van der Waals surface area (Å²) in [4.78, 5) is 19.6. The van der Waals surface area contributed by atoms with E-state index in [4.69, 9.17) is 4.52 Å². The monoisotopic (exact) mass is 345 g/mol. The van der Waals surface area contributed by atoms with Gasteiger partial charge >= 0.3 is 0 Å². The van der Waals surface area contributed by atoms with Gasteiger partial charge in [-0.2, -0.15) is 4.98 Å². The summed E-state index contributed by atoms with van der Waals surface area (Å²) < 4.78 is 5.42. The lowest BCUT2D eigenvalue weighted by Gasteiger charge is -2.30. The highest BCUT2D eigenvalue weighted by atomic mass is 32.1. The number of hydrogen-bond acceptors (Lipinski definition) is 8. The summed E-state index contributed by atoms with van der Waals surface area (Å²) in [6.07, 6.45) is 1.82. The zero-order chi connectivity index (χ0) is 16.4. The third kappa shape index (κ3) is 3.04. The van der Waals surface area contributed by atoms with Crippen molar-refractivity contribution in [3.8, 4) is 10.7 Å². The first-order valence-electron chi connectivity index (χ1n) is 7.67. The SMILES string of the molecule is O=C(Cc1nnn[nH]1)N1CCC(c2nc(-c3cccs3)no2)CC1. The molecule has 0 atom stereocenters. The number of carbonyl (C=O) groups excluding carboxylic acids is 1. The molecule has 0 unspecified atom stereocenters. The Morgan fingerprint density at radius 3 is 3.00 bits per heavy atom. The maximum absolute atomic E-state index is 12.2. The van der Waals surface area contributed by atoms with Gasteiger partial charge in [0.15, 0.2) is 5.82 Å². The van der Waals surface area contributed by atoms with E-state index >= 15 is 0 Å². The minimum Gasteiger partial charge on any atom is -0.342 e. The van der Waals surface area contributed by atoms with E-state index in [0.29, 0.717) is 30.6 Å². The molecule has 4 rings (SSSR count). The lowest BCUT2D eigenvalue weighted by atomic mass is 9.96. The molecule has 3 aromatic rings. The van der Waals surface area contributed by atoms with Gasteiger partial charge in [-0.05, 0) is 34.7 Å². The van der Waals surface area contributed by atoms with Crippen molar-refractivity contribution < 1.29 is 9.32 Å². The van der Waals surface area contributed by atoms with Gasteiger partial charge in [0.25, 0.3) is 0 Å². The predicted molar refractivity (Wildman–Crippen MR) is 84.0 cm³/mol. The number of carbonyl (C=O) groups is 1. The Bertz CT molecular complexity index is 791. The summed E-state index contributed by atoms with van der Waals surface area (Å²) >= 11 is 1.58. The molecule has 1 amide bonds. The molecule has 1 N–H and O–H groups in total. The van der Waals surface area contributed by atoms with Crippen LogP contribution in [0.15, 0.2) is 22.0 Å². The average molecular weight is 345 g/mol. The van der Waals surface area contributed by atoms with Crippen LogP contribution in [0.4, 0.5) is 0 Å². The van der Waals surface area contributed by atoms with Crippen LogP contribution in [0.1, 0.15) is 30.5 Å². The van der Waals surface area contributed by atoms with Crippen LogP contribution in [0.3, 0.4) is 0 Å². The van der Waals surface area contributed by atoms with Crippen LogP contribution in [0, 0.1) is 0 Å². The second kappa shape index (κ2) is 6.48. The Kier molecular flexibility index (Phi) is 4.03. The zero-order valence-corrected chi connectivity index (χ0v) is 13.6. The third-order valence-corrected chi connectivity index (χ3v) is 4.95. The molecule has 0 bridgehead atoms. The first kappa shape index (κ1) is 14.9. The summed E-state index contributed by atoms with van der Waals surface area (Å²) in [5.74, 6) is 2.00. The van der Waals surface area contributed by atoms with Crippen molar-refractivity contribution in [3.63, 3.8) is 0 Å². The number of likely N-dealkylation sites (tertiary alicyclic amines) is 1. The molecule has 0 aromatic carbocycles. The van der Waals surface area contributed by atoms with Crippen LogP contribution in [0.25, 0.3) is 10.7 Å². The van der Waals surface area contributed by atoms with E-state index in [1.54, 1.807) is 11.3 Å². The van der Waals surface area contributed by atoms with Crippen molar-refractivity contribution in [2.45, 2.75) is 25.2 Å². The molecule has 1 aliphatic rings. The number of amides is 1. The number of nitrogens with zero attached hydrogens (tertiary/aromatic N) is 6. The molecule has 24 heavy (non-hydrogen) atoms. The van der Waals surface area contributed by atoms with Gasteiger partial charge in [0.1, 0.15) is 0 Å². The van der Waals surface area contributed by atoms with E-state index in [0.717, 1.165) is 17.7 Å². The lowest BCUT2D eigenvalue weighted by molar-refractivity contribution is -0.131. The summed E-state index contributed by atoms with van der Waals surface area (Å²) in [5.41, 5.74) is 0. The quantitative estimate of drug-likeness (QED) is 0.757. The highest BCUT2D eigenvalue weighted by Crippen LogP contribution is 2.29. The van der Waals surface area contributed by atoms with Gasteiger partial charge in [0.2, 0.25) is 17.6 Å². The maximum atomic E-state index is 12.2. The second-order valence-electron chi connectivity index (χ2n) is 5.61. The fourth-order valence-electron chi connectivity index (χ4n) is 2.79. The topological polar surface area (TPSA) is 114 Å². The van der Waals surface area contributed by atoms with Crippen molar-refractivity contribution in [3.05, 3.63) is 29.2 Å². The van der Waals surface area contributed by atoms with Crippen molar-refractivity contribution in [2.24, 2.45) is 0 Å².